The average Bonchev–Trinajstić information content (AvgIpc) is 2.93. The normalized spacial score (nSPS) is 14.0. The van der Waals surface area contributed by atoms with Crippen LogP contribution in [0.15, 0.2) is 48.5 Å². The Morgan fingerprint density at radius 1 is 1.04 bits per heavy atom. The number of rotatable bonds is 2. The summed E-state index contributed by atoms with van der Waals surface area (Å²) in [6, 6.07) is 15.3. The topological polar surface area (TPSA) is 87.9 Å². The number of nitrogens with zero attached hydrogens (tertiary/aromatic N) is 3. The van der Waals surface area contributed by atoms with E-state index in [2.05, 4.69) is 27.3 Å². The molecule has 0 radical (unpaired) electrons. The van der Waals surface area contributed by atoms with Gasteiger partial charge in [-0.2, -0.15) is 5.10 Å². The second-order valence-corrected chi connectivity index (χ2v) is 6.14. The van der Waals surface area contributed by atoms with E-state index in [-0.39, 0.29) is 5.91 Å². The molecular formula is C19H19N5O. The number of nitrogens with two attached hydrogens (primary N) is 1. The summed E-state index contributed by atoms with van der Waals surface area (Å²) in [5.74, 6) is 0.285. The molecule has 3 aromatic rings. The molecule has 126 valence electrons. The van der Waals surface area contributed by atoms with Gasteiger partial charge in [0.1, 0.15) is 11.5 Å². The quantitative estimate of drug-likeness (QED) is 0.753. The van der Waals surface area contributed by atoms with Crippen LogP contribution in [0.4, 0.5) is 5.82 Å². The molecule has 0 atom stereocenters. The van der Waals surface area contributed by atoms with Crippen molar-refractivity contribution in [3.05, 3.63) is 65.5 Å². The maximum absolute atomic E-state index is 12.7. The lowest BCUT2D eigenvalue weighted by Gasteiger charge is -2.19. The number of hydrogen-bond donors (Lipinski definition) is 2. The van der Waals surface area contributed by atoms with E-state index in [9.17, 15) is 4.79 Å². The van der Waals surface area contributed by atoms with Crippen LogP contribution in [-0.2, 0) is 12.8 Å². The zero-order valence-electron chi connectivity index (χ0n) is 13.8. The molecule has 4 rings (SSSR count). The Morgan fingerprint density at radius 2 is 1.84 bits per heavy atom. The predicted molar refractivity (Wildman–Crippen MR) is 96.0 cm³/mol. The van der Waals surface area contributed by atoms with Crippen LogP contribution >= 0.6 is 0 Å². The number of carbonyl (C=O) groups excluding carboxylic acids is 1. The van der Waals surface area contributed by atoms with Crippen molar-refractivity contribution < 1.29 is 4.79 Å². The Bertz CT molecular complexity index is 903. The minimum atomic E-state index is -0.0772. The van der Waals surface area contributed by atoms with Crippen molar-refractivity contribution in [2.75, 3.05) is 18.8 Å². The number of nitrogens with one attached hydrogen (secondary N) is 1. The van der Waals surface area contributed by atoms with Gasteiger partial charge in [-0.15, -0.1) is 0 Å². The molecule has 6 nitrogen and oxygen atoms in total. The molecule has 2 aromatic heterocycles. The predicted octanol–water partition coefficient (Wildman–Crippen LogP) is 2.29. The number of fused-ring (bicyclic) bond motifs is 1. The largest absolute Gasteiger partial charge is 0.384 e. The molecule has 1 aromatic carbocycles. The third kappa shape index (κ3) is 2.98. The molecule has 0 spiro atoms. The van der Waals surface area contributed by atoms with Gasteiger partial charge in [-0.25, -0.2) is 4.98 Å². The number of amides is 1. The zero-order valence-corrected chi connectivity index (χ0v) is 13.8. The van der Waals surface area contributed by atoms with Gasteiger partial charge < -0.3 is 10.6 Å². The van der Waals surface area contributed by atoms with Crippen LogP contribution in [0.1, 0.15) is 21.7 Å². The molecule has 0 unspecified atom stereocenters. The number of carbonyl (C=O) groups is 1. The highest BCUT2D eigenvalue weighted by molar-refractivity contribution is 5.92. The maximum atomic E-state index is 12.7. The fourth-order valence-electron chi connectivity index (χ4n) is 3.25. The number of aromatic amines is 1. The number of pyridine rings is 1. The van der Waals surface area contributed by atoms with Crippen molar-refractivity contribution >= 4 is 11.7 Å². The third-order valence-electron chi connectivity index (χ3n) is 4.54. The standard InChI is InChI=1S/C19H19N5O/c20-17-8-4-7-16(21-17)19(25)24-11-9-14-15(10-12-24)22-23-18(14)13-5-2-1-3-6-13/h1-8H,9-12H2,(H2,20,21)(H,22,23). The Kier molecular flexibility index (Phi) is 3.93. The second-order valence-electron chi connectivity index (χ2n) is 6.14. The van der Waals surface area contributed by atoms with Crippen molar-refractivity contribution in [1.29, 1.82) is 0 Å². The van der Waals surface area contributed by atoms with Crippen molar-refractivity contribution in [2.24, 2.45) is 0 Å². The third-order valence-corrected chi connectivity index (χ3v) is 4.54. The molecule has 0 fully saturated rings. The second kappa shape index (κ2) is 6.39. The number of H-pyrrole nitrogens is 1. The molecule has 3 N–H and O–H groups in total. The fraction of sp³-hybridized carbons (Fsp3) is 0.211. The number of aromatic nitrogens is 3. The summed E-state index contributed by atoms with van der Waals surface area (Å²) in [5.41, 5.74) is 10.5. The summed E-state index contributed by atoms with van der Waals surface area (Å²) >= 11 is 0. The van der Waals surface area contributed by atoms with Crippen molar-refractivity contribution in [1.82, 2.24) is 20.1 Å². The smallest absolute Gasteiger partial charge is 0.272 e. The number of nitrogen functional groups attached to an aromatic ring is 1. The van der Waals surface area contributed by atoms with Crippen LogP contribution < -0.4 is 5.73 Å². The lowest BCUT2D eigenvalue weighted by atomic mass is 10.0. The highest BCUT2D eigenvalue weighted by atomic mass is 16.2. The van der Waals surface area contributed by atoms with Gasteiger partial charge in [-0.05, 0) is 18.6 Å². The molecular weight excluding hydrogens is 314 g/mol. The van der Waals surface area contributed by atoms with E-state index in [1.807, 2.05) is 23.1 Å². The van der Waals surface area contributed by atoms with Crippen LogP contribution in [0, 0.1) is 0 Å². The Balaban J connectivity index is 1.57. The van der Waals surface area contributed by atoms with Crippen molar-refractivity contribution in [3.63, 3.8) is 0 Å². The molecule has 1 aliphatic heterocycles. The highest BCUT2D eigenvalue weighted by Gasteiger charge is 2.24. The molecule has 0 saturated heterocycles. The summed E-state index contributed by atoms with van der Waals surface area (Å²) in [5, 5.41) is 7.64. The van der Waals surface area contributed by atoms with Crippen molar-refractivity contribution in [2.45, 2.75) is 12.8 Å². The van der Waals surface area contributed by atoms with Gasteiger partial charge >= 0.3 is 0 Å². The first-order valence-electron chi connectivity index (χ1n) is 8.36. The average molecular weight is 333 g/mol. The summed E-state index contributed by atoms with van der Waals surface area (Å²) in [7, 11) is 0. The highest BCUT2D eigenvalue weighted by Crippen LogP contribution is 2.26. The minimum Gasteiger partial charge on any atom is -0.384 e. The molecule has 1 aliphatic rings. The van der Waals surface area contributed by atoms with Gasteiger partial charge in [-0.1, -0.05) is 36.4 Å². The molecule has 3 heterocycles. The SMILES string of the molecule is Nc1cccc(C(=O)N2CCc3[nH]nc(-c4ccccc4)c3CC2)n1. The van der Waals surface area contributed by atoms with Gasteiger partial charge in [0, 0.05) is 36.3 Å². The van der Waals surface area contributed by atoms with Gasteiger partial charge in [0.2, 0.25) is 0 Å². The van der Waals surface area contributed by atoms with E-state index >= 15 is 0 Å². The number of anilines is 1. The van der Waals surface area contributed by atoms with Crippen LogP contribution in [0.5, 0.6) is 0 Å². The van der Waals surface area contributed by atoms with E-state index < -0.39 is 0 Å². The van der Waals surface area contributed by atoms with E-state index in [0.717, 1.165) is 29.8 Å². The zero-order chi connectivity index (χ0) is 17.2. The summed E-state index contributed by atoms with van der Waals surface area (Å²) in [6.07, 6.45) is 1.52. The summed E-state index contributed by atoms with van der Waals surface area (Å²) in [6.45, 7) is 1.28. The molecule has 0 saturated carbocycles. The van der Waals surface area contributed by atoms with E-state index in [1.165, 1.54) is 5.56 Å². The molecule has 0 aliphatic carbocycles. The summed E-state index contributed by atoms with van der Waals surface area (Å²) < 4.78 is 0. The van der Waals surface area contributed by atoms with Crippen LogP contribution in [0.2, 0.25) is 0 Å². The Morgan fingerprint density at radius 3 is 2.64 bits per heavy atom. The van der Waals surface area contributed by atoms with Crippen LogP contribution in [0.25, 0.3) is 11.3 Å². The minimum absolute atomic E-state index is 0.0772. The maximum Gasteiger partial charge on any atom is 0.272 e. The first-order valence-corrected chi connectivity index (χ1v) is 8.36. The monoisotopic (exact) mass is 333 g/mol. The number of benzene rings is 1. The van der Waals surface area contributed by atoms with Gasteiger partial charge in [-0.3, -0.25) is 9.89 Å². The van der Waals surface area contributed by atoms with Crippen molar-refractivity contribution in [3.8, 4) is 11.3 Å². The Hall–Kier alpha value is -3.15. The van der Waals surface area contributed by atoms with Crippen LogP contribution in [0.3, 0.4) is 0 Å². The molecule has 25 heavy (non-hydrogen) atoms. The van der Waals surface area contributed by atoms with Gasteiger partial charge in [0.05, 0.1) is 5.69 Å². The first kappa shape index (κ1) is 15.4. The first-order chi connectivity index (χ1) is 12.2. The van der Waals surface area contributed by atoms with E-state index in [1.54, 1.807) is 18.2 Å². The lowest BCUT2D eigenvalue weighted by molar-refractivity contribution is 0.0757. The number of hydrogen-bond acceptors (Lipinski definition) is 4. The van der Waals surface area contributed by atoms with E-state index in [4.69, 9.17) is 5.73 Å². The Labute approximate surface area is 145 Å². The van der Waals surface area contributed by atoms with Crippen LogP contribution in [-0.4, -0.2) is 39.1 Å². The fourth-order valence-corrected chi connectivity index (χ4v) is 3.25. The van der Waals surface area contributed by atoms with Gasteiger partial charge in [0.25, 0.3) is 5.91 Å². The van der Waals surface area contributed by atoms with E-state index in [0.29, 0.717) is 24.6 Å². The molecule has 0 bridgehead atoms. The molecule has 6 heteroatoms. The summed E-state index contributed by atoms with van der Waals surface area (Å²) in [4.78, 5) is 18.7. The molecule has 1 amide bonds. The van der Waals surface area contributed by atoms with Gasteiger partial charge in [0.15, 0.2) is 0 Å². The lowest BCUT2D eigenvalue weighted by Crippen LogP contribution is -2.34.